The first kappa shape index (κ1) is 11.5. The summed E-state index contributed by atoms with van der Waals surface area (Å²) in [5, 5.41) is 2.07. The van der Waals surface area contributed by atoms with Crippen molar-refractivity contribution in [2.75, 3.05) is 25.0 Å². The van der Waals surface area contributed by atoms with Gasteiger partial charge in [-0.15, -0.1) is 0 Å². The normalized spacial score (nSPS) is 20.3. The standard InChI is InChI=1S/C13H19N2S/c1-4-15(12-8-6-5-7-9-12)13-14(3)10-11(2)16-13/h5-9,11H,4,10H2,1-3H3/q+1. The van der Waals surface area contributed by atoms with Crippen LogP contribution >= 0.6 is 11.8 Å². The molecule has 1 aromatic carbocycles. The molecule has 0 saturated carbocycles. The average Bonchev–Trinajstić information content (AvgIpc) is 2.61. The summed E-state index contributed by atoms with van der Waals surface area (Å²) in [6.45, 7) is 6.65. The van der Waals surface area contributed by atoms with Crippen molar-refractivity contribution >= 4 is 22.6 Å². The zero-order valence-electron chi connectivity index (χ0n) is 10.2. The third kappa shape index (κ3) is 2.24. The van der Waals surface area contributed by atoms with Crippen LogP contribution in [0.4, 0.5) is 5.69 Å². The molecule has 0 saturated heterocycles. The highest BCUT2D eigenvalue weighted by Gasteiger charge is 2.31. The van der Waals surface area contributed by atoms with E-state index in [-0.39, 0.29) is 0 Å². The highest BCUT2D eigenvalue weighted by atomic mass is 32.2. The molecule has 1 aromatic rings. The van der Waals surface area contributed by atoms with E-state index in [1.54, 1.807) is 0 Å². The fraction of sp³-hybridized carbons (Fsp3) is 0.462. The maximum Gasteiger partial charge on any atom is 0.313 e. The smallest absolute Gasteiger partial charge is 0.257 e. The molecule has 2 rings (SSSR count). The van der Waals surface area contributed by atoms with Gasteiger partial charge in [-0.3, -0.25) is 4.58 Å². The van der Waals surface area contributed by atoms with Crippen molar-refractivity contribution in [1.82, 2.24) is 0 Å². The van der Waals surface area contributed by atoms with Crippen molar-refractivity contribution in [3.8, 4) is 0 Å². The summed E-state index contributed by atoms with van der Waals surface area (Å²) in [5.74, 6) is 0. The van der Waals surface area contributed by atoms with Crippen molar-refractivity contribution in [1.29, 1.82) is 0 Å². The van der Waals surface area contributed by atoms with Crippen LogP contribution < -0.4 is 4.90 Å². The second-order valence-electron chi connectivity index (χ2n) is 4.17. The molecule has 0 aromatic heterocycles. The van der Waals surface area contributed by atoms with Crippen LogP contribution in [0, 0.1) is 0 Å². The van der Waals surface area contributed by atoms with E-state index in [4.69, 9.17) is 0 Å². The Morgan fingerprint density at radius 3 is 2.56 bits per heavy atom. The topological polar surface area (TPSA) is 6.25 Å². The number of amidine groups is 1. The molecule has 0 spiro atoms. The van der Waals surface area contributed by atoms with Gasteiger partial charge in [0.25, 0.3) is 0 Å². The van der Waals surface area contributed by atoms with E-state index < -0.39 is 0 Å². The summed E-state index contributed by atoms with van der Waals surface area (Å²) >= 11 is 1.97. The van der Waals surface area contributed by atoms with Gasteiger partial charge in [0, 0.05) is 0 Å². The van der Waals surface area contributed by atoms with Gasteiger partial charge in [0.2, 0.25) is 0 Å². The zero-order chi connectivity index (χ0) is 11.5. The van der Waals surface area contributed by atoms with Crippen molar-refractivity contribution in [2.24, 2.45) is 0 Å². The second kappa shape index (κ2) is 4.91. The van der Waals surface area contributed by atoms with Gasteiger partial charge in [0.15, 0.2) is 0 Å². The van der Waals surface area contributed by atoms with Crippen molar-refractivity contribution in [3.05, 3.63) is 30.3 Å². The maximum atomic E-state index is 2.38. The lowest BCUT2D eigenvalue weighted by Gasteiger charge is -2.15. The fourth-order valence-corrected chi connectivity index (χ4v) is 3.35. The third-order valence-electron chi connectivity index (χ3n) is 2.78. The van der Waals surface area contributed by atoms with Crippen LogP contribution in [0.2, 0.25) is 0 Å². The number of hydrogen-bond donors (Lipinski definition) is 0. The van der Waals surface area contributed by atoms with Crippen LogP contribution in [0.3, 0.4) is 0 Å². The molecule has 1 atom stereocenters. The molecule has 86 valence electrons. The molecule has 0 aliphatic carbocycles. The van der Waals surface area contributed by atoms with Crippen LogP contribution in [0.5, 0.6) is 0 Å². The Kier molecular flexibility index (Phi) is 3.54. The summed E-state index contributed by atoms with van der Waals surface area (Å²) in [5.41, 5.74) is 1.29. The van der Waals surface area contributed by atoms with E-state index in [1.807, 2.05) is 11.8 Å². The van der Waals surface area contributed by atoms with Crippen LogP contribution in [-0.4, -0.2) is 35.1 Å². The monoisotopic (exact) mass is 235 g/mol. The Bertz CT molecular complexity index is 386. The Balaban J connectivity index is 2.27. The molecule has 0 fully saturated rings. The molecule has 1 unspecified atom stereocenters. The molecule has 2 nitrogen and oxygen atoms in total. The molecule has 0 radical (unpaired) electrons. The van der Waals surface area contributed by atoms with E-state index in [2.05, 4.69) is 60.7 Å². The number of para-hydroxylation sites is 1. The molecule has 16 heavy (non-hydrogen) atoms. The van der Waals surface area contributed by atoms with Crippen LogP contribution in [0.15, 0.2) is 30.3 Å². The summed E-state index contributed by atoms with van der Waals surface area (Å²) in [6.07, 6.45) is 0. The number of rotatable bonds is 2. The third-order valence-corrected chi connectivity index (χ3v) is 4.07. The van der Waals surface area contributed by atoms with Crippen molar-refractivity contribution in [2.45, 2.75) is 19.1 Å². The first-order valence-corrected chi connectivity index (χ1v) is 6.67. The molecule has 0 bridgehead atoms. The van der Waals surface area contributed by atoms with Crippen LogP contribution in [0.1, 0.15) is 13.8 Å². The molecule has 1 aliphatic heterocycles. The Labute approximate surface area is 102 Å². The summed E-state index contributed by atoms with van der Waals surface area (Å²) in [4.78, 5) is 2.38. The van der Waals surface area contributed by atoms with Crippen molar-refractivity contribution in [3.63, 3.8) is 0 Å². The Hall–Kier alpha value is -0.960. The van der Waals surface area contributed by atoms with Gasteiger partial charge >= 0.3 is 5.17 Å². The lowest BCUT2D eigenvalue weighted by Crippen LogP contribution is -2.32. The lowest BCUT2D eigenvalue weighted by atomic mass is 10.3. The van der Waals surface area contributed by atoms with Gasteiger partial charge < -0.3 is 0 Å². The van der Waals surface area contributed by atoms with Gasteiger partial charge in [-0.1, -0.05) is 18.2 Å². The minimum absolute atomic E-state index is 0.692. The van der Waals surface area contributed by atoms with E-state index in [9.17, 15) is 0 Å². The van der Waals surface area contributed by atoms with E-state index in [0.29, 0.717) is 5.25 Å². The minimum atomic E-state index is 0.692. The quantitative estimate of drug-likeness (QED) is 0.727. The maximum absolute atomic E-state index is 2.38. The molecule has 3 heteroatoms. The van der Waals surface area contributed by atoms with Gasteiger partial charge in [0.1, 0.15) is 5.69 Å². The first-order valence-electron chi connectivity index (χ1n) is 5.79. The average molecular weight is 235 g/mol. The van der Waals surface area contributed by atoms with Crippen LogP contribution in [-0.2, 0) is 0 Å². The Morgan fingerprint density at radius 2 is 2.06 bits per heavy atom. The van der Waals surface area contributed by atoms with Crippen LogP contribution in [0.25, 0.3) is 0 Å². The Morgan fingerprint density at radius 1 is 1.38 bits per heavy atom. The largest absolute Gasteiger partial charge is 0.313 e. The molecule has 0 amide bonds. The highest BCUT2D eigenvalue weighted by Crippen LogP contribution is 2.25. The first-order chi connectivity index (χ1) is 7.72. The highest BCUT2D eigenvalue weighted by molar-refractivity contribution is 8.14. The van der Waals surface area contributed by atoms with Crippen molar-refractivity contribution < 1.29 is 4.58 Å². The van der Waals surface area contributed by atoms with Gasteiger partial charge in [0.05, 0.1) is 25.4 Å². The molecular weight excluding hydrogens is 216 g/mol. The molecule has 1 heterocycles. The zero-order valence-corrected chi connectivity index (χ0v) is 11.0. The van der Waals surface area contributed by atoms with Gasteiger partial charge in [-0.05, 0) is 37.7 Å². The van der Waals surface area contributed by atoms with Gasteiger partial charge in [-0.2, -0.15) is 0 Å². The number of anilines is 1. The van der Waals surface area contributed by atoms with E-state index in [0.717, 1.165) is 13.1 Å². The number of thioether (sulfide) groups is 1. The second-order valence-corrected chi connectivity index (χ2v) is 5.58. The number of nitrogens with zero attached hydrogens (tertiary/aromatic N) is 2. The summed E-state index contributed by atoms with van der Waals surface area (Å²) in [7, 11) is 2.18. The number of hydrogen-bond acceptors (Lipinski definition) is 2. The fourth-order valence-electron chi connectivity index (χ4n) is 2.08. The minimum Gasteiger partial charge on any atom is -0.257 e. The molecular formula is C13H19N2S+. The summed E-state index contributed by atoms with van der Waals surface area (Å²) in [6, 6.07) is 10.6. The molecule has 0 N–H and O–H groups in total. The molecule has 1 aliphatic rings. The predicted molar refractivity (Wildman–Crippen MR) is 72.6 cm³/mol. The summed E-state index contributed by atoms with van der Waals surface area (Å²) < 4.78 is 2.35. The van der Waals surface area contributed by atoms with Gasteiger partial charge in [-0.25, -0.2) is 4.90 Å². The predicted octanol–water partition coefficient (Wildman–Crippen LogP) is 2.65. The number of benzene rings is 1. The SMILES string of the molecule is CCN(C1=[N+](C)CC(C)S1)c1ccccc1. The lowest BCUT2D eigenvalue weighted by molar-refractivity contribution is -0.490. The van der Waals surface area contributed by atoms with E-state index >= 15 is 0 Å². The van der Waals surface area contributed by atoms with E-state index in [1.165, 1.54) is 10.9 Å².